The summed E-state index contributed by atoms with van der Waals surface area (Å²) in [7, 11) is 0. The number of carbonyl (C=O) groups is 1. The fourth-order valence-corrected chi connectivity index (χ4v) is 4.06. The molecular weight excluding hydrogens is 471 g/mol. The highest BCUT2D eigenvalue weighted by molar-refractivity contribution is 14.1. The van der Waals surface area contributed by atoms with Crippen molar-refractivity contribution in [2.24, 2.45) is 4.99 Å². The molecular formula is C21H21IN2O2S. The minimum atomic E-state index is 0.0220. The number of thioether (sulfide) groups is 1. The Morgan fingerprint density at radius 3 is 2.44 bits per heavy atom. The number of benzene rings is 2. The largest absolute Gasteiger partial charge is 0.489 e. The van der Waals surface area contributed by atoms with Crippen LogP contribution in [0.1, 0.15) is 25.0 Å². The number of hydrogen-bond acceptors (Lipinski definition) is 4. The number of nitrogens with zero attached hydrogens (tertiary/aromatic N) is 2. The van der Waals surface area contributed by atoms with Crippen LogP contribution in [0.25, 0.3) is 6.08 Å². The quantitative estimate of drug-likeness (QED) is 0.412. The first kappa shape index (κ1) is 19.9. The van der Waals surface area contributed by atoms with Gasteiger partial charge in [0.2, 0.25) is 0 Å². The third kappa shape index (κ3) is 5.13. The van der Waals surface area contributed by atoms with Crippen LogP contribution < -0.4 is 4.74 Å². The van der Waals surface area contributed by atoms with Gasteiger partial charge in [-0.25, -0.2) is 0 Å². The van der Waals surface area contributed by atoms with E-state index in [2.05, 4.69) is 51.8 Å². The van der Waals surface area contributed by atoms with Crippen LogP contribution in [-0.4, -0.2) is 29.1 Å². The molecule has 3 rings (SSSR count). The van der Waals surface area contributed by atoms with Gasteiger partial charge in [-0.05, 0) is 89.7 Å². The fraction of sp³-hybridized carbons (Fsp3) is 0.238. The van der Waals surface area contributed by atoms with Crippen molar-refractivity contribution in [3.05, 3.63) is 68.1 Å². The lowest BCUT2D eigenvalue weighted by Gasteiger charge is -2.11. The van der Waals surface area contributed by atoms with Gasteiger partial charge in [0.15, 0.2) is 5.17 Å². The van der Waals surface area contributed by atoms with Crippen LogP contribution in [-0.2, 0) is 11.4 Å². The van der Waals surface area contributed by atoms with E-state index in [1.165, 1.54) is 15.3 Å². The lowest BCUT2D eigenvalue weighted by atomic mass is 10.2. The second-order valence-corrected chi connectivity index (χ2v) is 8.16. The van der Waals surface area contributed by atoms with Gasteiger partial charge in [-0.3, -0.25) is 14.7 Å². The van der Waals surface area contributed by atoms with Gasteiger partial charge in [0.1, 0.15) is 12.4 Å². The first-order chi connectivity index (χ1) is 13.1. The maximum atomic E-state index is 12.5. The number of rotatable bonds is 6. The molecule has 2 aromatic rings. The Bertz CT molecular complexity index is 861. The van der Waals surface area contributed by atoms with E-state index in [-0.39, 0.29) is 5.91 Å². The van der Waals surface area contributed by atoms with Crippen LogP contribution in [0.15, 0.2) is 58.4 Å². The van der Waals surface area contributed by atoms with Gasteiger partial charge in [0, 0.05) is 16.7 Å². The molecule has 0 atom stereocenters. The predicted molar refractivity (Wildman–Crippen MR) is 121 cm³/mol. The summed E-state index contributed by atoms with van der Waals surface area (Å²) in [6.45, 7) is 5.78. The molecule has 0 N–H and O–H groups in total. The highest BCUT2D eigenvalue weighted by atomic mass is 127. The number of halogens is 1. The van der Waals surface area contributed by atoms with Crippen molar-refractivity contribution in [1.82, 2.24) is 4.90 Å². The van der Waals surface area contributed by atoms with Crippen molar-refractivity contribution in [3.63, 3.8) is 0 Å². The molecule has 1 fully saturated rings. The fourth-order valence-electron chi connectivity index (χ4n) is 2.60. The van der Waals surface area contributed by atoms with E-state index in [1.807, 2.05) is 44.2 Å². The first-order valence-corrected chi connectivity index (χ1v) is 10.7. The molecule has 1 aliphatic rings. The van der Waals surface area contributed by atoms with E-state index in [9.17, 15) is 4.79 Å². The summed E-state index contributed by atoms with van der Waals surface area (Å²) in [6.07, 6.45) is 1.91. The Hall–Kier alpha value is -1.80. The molecule has 27 heavy (non-hydrogen) atoms. The van der Waals surface area contributed by atoms with Gasteiger partial charge in [0.25, 0.3) is 5.91 Å². The third-order valence-electron chi connectivity index (χ3n) is 3.99. The molecule has 0 saturated carbocycles. The molecule has 1 aliphatic heterocycles. The topological polar surface area (TPSA) is 41.9 Å². The molecule has 0 bridgehead atoms. The summed E-state index contributed by atoms with van der Waals surface area (Å²) in [6, 6.07) is 16.1. The number of amides is 1. The molecule has 0 radical (unpaired) electrons. The Balaban J connectivity index is 1.66. The molecule has 0 unspecified atom stereocenters. The van der Waals surface area contributed by atoms with Gasteiger partial charge in [-0.1, -0.05) is 24.3 Å². The van der Waals surface area contributed by atoms with Crippen molar-refractivity contribution in [3.8, 4) is 5.75 Å². The minimum absolute atomic E-state index is 0.0220. The Labute approximate surface area is 177 Å². The number of likely N-dealkylation sites (N-methyl/N-ethyl adjacent to an activating group) is 1. The van der Waals surface area contributed by atoms with Crippen molar-refractivity contribution in [2.45, 2.75) is 20.5 Å². The van der Waals surface area contributed by atoms with E-state index >= 15 is 0 Å². The summed E-state index contributed by atoms with van der Waals surface area (Å²) >= 11 is 3.73. The molecule has 0 spiro atoms. The third-order valence-corrected chi connectivity index (χ3v) is 5.76. The Morgan fingerprint density at radius 2 is 1.81 bits per heavy atom. The molecule has 2 aromatic carbocycles. The average molecular weight is 492 g/mol. The lowest BCUT2D eigenvalue weighted by Crippen LogP contribution is -2.28. The standard InChI is InChI=1S/C21H21IN2O2S/c1-3-23-21-24(4-2)20(25)19(27-21)13-15-7-11-18(12-8-15)26-14-16-5-9-17(22)10-6-16/h5-13H,3-4,14H2,1-2H3/b19-13-,23-21?. The summed E-state index contributed by atoms with van der Waals surface area (Å²) in [5, 5.41) is 0.786. The molecule has 6 heteroatoms. The monoisotopic (exact) mass is 492 g/mol. The maximum Gasteiger partial charge on any atom is 0.266 e. The number of aliphatic imine (C=N–C) groups is 1. The number of hydrogen-bond donors (Lipinski definition) is 0. The molecule has 1 amide bonds. The van der Waals surface area contributed by atoms with Crippen molar-refractivity contribution in [2.75, 3.05) is 13.1 Å². The smallest absolute Gasteiger partial charge is 0.266 e. The van der Waals surface area contributed by atoms with Crippen LogP contribution in [0.2, 0.25) is 0 Å². The molecule has 0 aliphatic carbocycles. The van der Waals surface area contributed by atoms with Gasteiger partial charge in [-0.2, -0.15) is 0 Å². The highest BCUT2D eigenvalue weighted by Crippen LogP contribution is 2.32. The van der Waals surface area contributed by atoms with Crippen LogP contribution in [0, 0.1) is 3.57 Å². The predicted octanol–water partition coefficient (Wildman–Crippen LogP) is 5.18. The SMILES string of the molecule is CCN=C1S/C(=C\c2ccc(OCc3ccc(I)cc3)cc2)C(=O)N1CC. The van der Waals surface area contributed by atoms with Gasteiger partial charge >= 0.3 is 0 Å². The van der Waals surface area contributed by atoms with Crippen LogP contribution >= 0.6 is 34.4 Å². The summed E-state index contributed by atoms with van der Waals surface area (Å²) < 4.78 is 7.05. The average Bonchev–Trinajstić information content (AvgIpc) is 2.97. The van der Waals surface area contributed by atoms with Crippen LogP contribution in [0.3, 0.4) is 0 Å². The molecule has 4 nitrogen and oxygen atoms in total. The zero-order valence-electron chi connectivity index (χ0n) is 15.3. The first-order valence-electron chi connectivity index (χ1n) is 8.84. The second kappa shape index (κ2) is 9.41. The van der Waals surface area contributed by atoms with Gasteiger partial charge in [-0.15, -0.1) is 0 Å². The Morgan fingerprint density at radius 1 is 1.11 bits per heavy atom. The zero-order chi connectivity index (χ0) is 19.2. The van der Waals surface area contributed by atoms with E-state index in [0.717, 1.165) is 22.0 Å². The van der Waals surface area contributed by atoms with Gasteiger partial charge < -0.3 is 4.74 Å². The minimum Gasteiger partial charge on any atom is -0.489 e. The second-order valence-electron chi connectivity index (χ2n) is 5.90. The molecule has 1 saturated heterocycles. The van der Waals surface area contributed by atoms with Crippen molar-refractivity contribution in [1.29, 1.82) is 0 Å². The molecule has 0 aromatic heterocycles. The number of carbonyl (C=O) groups excluding carboxylic acids is 1. The number of ether oxygens (including phenoxy) is 1. The normalized spacial score (nSPS) is 17.1. The summed E-state index contributed by atoms with van der Waals surface area (Å²) in [5.74, 6) is 0.832. The number of amidine groups is 1. The molecule has 1 heterocycles. The lowest BCUT2D eigenvalue weighted by molar-refractivity contribution is -0.122. The van der Waals surface area contributed by atoms with Crippen molar-refractivity contribution >= 4 is 51.5 Å². The Kier molecular flexibility index (Phi) is 6.95. The van der Waals surface area contributed by atoms with E-state index < -0.39 is 0 Å². The van der Waals surface area contributed by atoms with E-state index in [1.54, 1.807) is 4.90 Å². The van der Waals surface area contributed by atoms with Gasteiger partial charge in [0.05, 0.1) is 4.91 Å². The van der Waals surface area contributed by atoms with E-state index in [0.29, 0.717) is 24.6 Å². The zero-order valence-corrected chi connectivity index (χ0v) is 18.3. The van der Waals surface area contributed by atoms with Crippen LogP contribution in [0.4, 0.5) is 0 Å². The summed E-state index contributed by atoms with van der Waals surface area (Å²) in [4.78, 5) is 19.3. The molecule has 140 valence electrons. The summed E-state index contributed by atoms with van der Waals surface area (Å²) in [5.41, 5.74) is 2.11. The van der Waals surface area contributed by atoms with E-state index in [4.69, 9.17) is 4.74 Å². The highest BCUT2D eigenvalue weighted by Gasteiger charge is 2.31. The van der Waals surface area contributed by atoms with Crippen LogP contribution in [0.5, 0.6) is 5.75 Å². The maximum absolute atomic E-state index is 12.5. The van der Waals surface area contributed by atoms with Crippen molar-refractivity contribution < 1.29 is 9.53 Å².